The molecular weight excluding hydrogens is 400 g/mol. The van der Waals surface area contributed by atoms with Crippen molar-refractivity contribution in [3.8, 4) is 0 Å². The van der Waals surface area contributed by atoms with Gasteiger partial charge in [-0.05, 0) is 57.9 Å². The van der Waals surface area contributed by atoms with Crippen molar-refractivity contribution in [1.29, 1.82) is 0 Å². The molecule has 0 unspecified atom stereocenters. The van der Waals surface area contributed by atoms with Crippen molar-refractivity contribution in [2.75, 3.05) is 5.73 Å². The van der Waals surface area contributed by atoms with Crippen LogP contribution in [-0.4, -0.2) is 10.7 Å². The fourth-order valence-corrected chi connectivity index (χ4v) is 3.45. The van der Waals surface area contributed by atoms with Gasteiger partial charge in [0.15, 0.2) is 5.78 Å². The third-order valence-corrected chi connectivity index (χ3v) is 5.11. The van der Waals surface area contributed by atoms with Gasteiger partial charge in [-0.1, -0.05) is 60.7 Å². The van der Waals surface area contributed by atoms with Crippen LogP contribution in [0, 0.1) is 10.1 Å². The van der Waals surface area contributed by atoms with Gasteiger partial charge >= 0.3 is 0 Å². The number of nitro groups is 1. The molecule has 5 aromatic rings. The lowest BCUT2D eigenvalue weighted by molar-refractivity contribution is -0.384. The number of fused-ring (bicyclic) bond motifs is 2. The number of benzene rings is 5. The summed E-state index contributed by atoms with van der Waals surface area (Å²) in [6, 6.07) is 33.2. The van der Waals surface area contributed by atoms with Crippen LogP contribution >= 0.6 is 0 Å². The summed E-state index contributed by atoms with van der Waals surface area (Å²) in [7, 11) is 0. The maximum Gasteiger partial charge on any atom is 0.269 e. The van der Waals surface area contributed by atoms with E-state index in [9.17, 15) is 14.9 Å². The summed E-state index contributed by atoms with van der Waals surface area (Å²) in [5.74, 6) is -0.138. The average molecular weight is 420 g/mol. The van der Waals surface area contributed by atoms with E-state index >= 15 is 0 Å². The van der Waals surface area contributed by atoms with Crippen LogP contribution in [0.4, 0.5) is 11.4 Å². The highest BCUT2D eigenvalue weighted by Crippen LogP contribution is 2.24. The Morgan fingerprint density at radius 1 is 0.625 bits per heavy atom. The quantitative estimate of drug-likeness (QED) is 0.120. The molecule has 0 saturated heterocycles. The molecule has 5 rings (SSSR count). The second kappa shape index (κ2) is 9.10. The van der Waals surface area contributed by atoms with Gasteiger partial charge in [0.05, 0.1) is 4.92 Å². The van der Waals surface area contributed by atoms with E-state index in [4.69, 9.17) is 5.73 Å². The number of anilines is 1. The molecule has 32 heavy (non-hydrogen) atoms. The maximum absolute atomic E-state index is 12.0. The molecule has 0 amide bonds. The van der Waals surface area contributed by atoms with Crippen molar-refractivity contribution < 1.29 is 9.72 Å². The Morgan fingerprint density at radius 3 is 1.78 bits per heavy atom. The molecule has 0 aliphatic heterocycles. The first-order valence-electron chi connectivity index (χ1n) is 10.0. The monoisotopic (exact) mass is 420 g/mol. The molecule has 0 spiro atoms. The third kappa shape index (κ3) is 4.63. The van der Waals surface area contributed by atoms with Crippen molar-refractivity contribution in [2.45, 2.75) is 0 Å². The number of hydrogen-bond acceptors (Lipinski definition) is 4. The van der Waals surface area contributed by atoms with Crippen molar-refractivity contribution in [1.82, 2.24) is 0 Å². The molecule has 2 N–H and O–H groups in total. The van der Waals surface area contributed by atoms with Gasteiger partial charge in [-0.15, -0.1) is 0 Å². The highest BCUT2D eigenvalue weighted by Gasteiger charge is 2.10. The zero-order chi connectivity index (χ0) is 22.5. The Bertz CT molecular complexity index is 1410. The predicted octanol–water partition coefficient (Wildman–Crippen LogP) is 6.40. The largest absolute Gasteiger partial charge is 0.399 e. The Balaban J connectivity index is 0.000000154. The van der Waals surface area contributed by atoms with Crippen LogP contribution in [0.25, 0.3) is 21.5 Å². The van der Waals surface area contributed by atoms with Crippen molar-refractivity contribution in [2.24, 2.45) is 0 Å². The van der Waals surface area contributed by atoms with Gasteiger partial charge in [0, 0.05) is 28.9 Å². The molecule has 0 heterocycles. The summed E-state index contributed by atoms with van der Waals surface area (Å²) in [6.45, 7) is 0. The van der Waals surface area contributed by atoms with E-state index in [1.807, 2.05) is 18.2 Å². The lowest BCUT2D eigenvalue weighted by atomic mass is 10.0. The summed E-state index contributed by atoms with van der Waals surface area (Å²) < 4.78 is 0. The Kier molecular flexibility index (Phi) is 5.90. The summed E-state index contributed by atoms with van der Waals surface area (Å²) in [5.41, 5.74) is 7.58. The second-order valence-corrected chi connectivity index (χ2v) is 7.31. The first kappa shape index (κ1) is 20.8. The molecule has 156 valence electrons. The highest BCUT2D eigenvalue weighted by atomic mass is 16.6. The van der Waals surface area contributed by atoms with Crippen LogP contribution in [0.3, 0.4) is 0 Å². The fourth-order valence-electron chi connectivity index (χ4n) is 3.45. The van der Waals surface area contributed by atoms with Gasteiger partial charge in [-0.3, -0.25) is 14.9 Å². The van der Waals surface area contributed by atoms with E-state index in [0.29, 0.717) is 11.1 Å². The topological polar surface area (TPSA) is 86.2 Å². The molecule has 0 radical (unpaired) electrons. The molecule has 5 nitrogen and oxygen atoms in total. The van der Waals surface area contributed by atoms with Gasteiger partial charge in [0.25, 0.3) is 5.69 Å². The number of nitrogens with zero attached hydrogens (tertiary/aromatic N) is 1. The van der Waals surface area contributed by atoms with E-state index < -0.39 is 4.92 Å². The zero-order valence-corrected chi connectivity index (χ0v) is 17.1. The number of carbonyl (C=O) groups excluding carboxylic acids is 1. The highest BCUT2D eigenvalue weighted by molar-refractivity contribution is 6.09. The third-order valence-electron chi connectivity index (χ3n) is 5.11. The van der Waals surface area contributed by atoms with Crippen LogP contribution < -0.4 is 5.73 Å². The first-order valence-corrected chi connectivity index (χ1v) is 10.0. The molecule has 5 aromatic carbocycles. The van der Waals surface area contributed by atoms with Gasteiger partial charge in [0.1, 0.15) is 0 Å². The number of hydrogen-bond donors (Lipinski definition) is 1. The maximum atomic E-state index is 12.0. The number of nitro benzene ring substituents is 1. The molecule has 0 aliphatic carbocycles. The van der Waals surface area contributed by atoms with Crippen LogP contribution in [0.2, 0.25) is 0 Å². The number of nitrogens with two attached hydrogens (primary N) is 1. The molecule has 0 aromatic heterocycles. The zero-order valence-electron chi connectivity index (χ0n) is 17.1. The smallest absolute Gasteiger partial charge is 0.269 e. The van der Waals surface area contributed by atoms with E-state index in [-0.39, 0.29) is 11.5 Å². The van der Waals surface area contributed by atoms with Crippen molar-refractivity contribution in [3.63, 3.8) is 0 Å². The van der Waals surface area contributed by atoms with Crippen LogP contribution in [-0.2, 0) is 0 Å². The number of rotatable bonds is 3. The minimum absolute atomic E-state index is 0.0189. The summed E-state index contributed by atoms with van der Waals surface area (Å²) in [5, 5.41) is 15.4. The predicted molar refractivity (Wildman–Crippen MR) is 129 cm³/mol. The average Bonchev–Trinajstić information content (AvgIpc) is 2.83. The fraction of sp³-hybridized carbons (Fsp3) is 0. The van der Waals surface area contributed by atoms with Crippen LogP contribution in [0.5, 0.6) is 0 Å². The minimum Gasteiger partial charge on any atom is -0.399 e. The van der Waals surface area contributed by atoms with E-state index in [0.717, 1.165) is 5.69 Å². The van der Waals surface area contributed by atoms with Gasteiger partial charge in [0.2, 0.25) is 0 Å². The normalized spacial score (nSPS) is 10.4. The minimum atomic E-state index is -0.489. The number of ketones is 1. The standard InChI is InChI=1S/C14H11N.C13H9NO3/c15-14-6-5-12-7-10-3-1-2-4-11(10)8-13(12)9-14;15-13(10-4-2-1-3-5-10)11-6-8-12(9-7-11)14(16)17/h1-9H,15H2;1-9H. The molecule has 5 heteroatoms. The first-order chi connectivity index (χ1) is 15.5. The van der Waals surface area contributed by atoms with E-state index in [1.54, 1.807) is 24.3 Å². The van der Waals surface area contributed by atoms with Gasteiger partial charge in [-0.2, -0.15) is 0 Å². The molecule has 0 bridgehead atoms. The molecule has 0 saturated carbocycles. The van der Waals surface area contributed by atoms with E-state index in [2.05, 4.69) is 42.5 Å². The Morgan fingerprint density at radius 2 is 1.16 bits per heavy atom. The molecule has 0 fully saturated rings. The summed E-state index contributed by atoms with van der Waals surface area (Å²) in [4.78, 5) is 21.9. The Labute approximate surface area is 184 Å². The lowest BCUT2D eigenvalue weighted by Gasteiger charge is -2.02. The van der Waals surface area contributed by atoms with Crippen LogP contribution in [0.1, 0.15) is 15.9 Å². The molecular formula is C27H20N2O3. The van der Waals surface area contributed by atoms with Gasteiger partial charge < -0.3 is 5.73 Å². The summed E-state index contributed by atoms with van der Waals surface area (Å²) >= 11 is 0. The van der Waals surface area contributed by atoms with Crippen molar-refractivity contribution in [3.05, 3.63) is 130 Å². The lowest BCUT2D eigenvalue weighted by Crippen LogP contribution is -2.00. The molecule has 0 atom stereocenters. The molecule has 0 aliphatic rings. The number of nitrogen functional groups attached to an aromatic ring is 1. The van der Waals surface area contributed by atoms with Crippen molar-refractivity contribution >= 4 is 38.7 Å². The van der Waals surface area contributed by atoms with Crippen LogP contribution in [0.15, 0.2) is 109 Å². The summed E-state index contributed by atoms with van der Waals surface area (Å²) in [6.07, 6.45) is 0. The van der Waals surface area contributed by atoms with Gasteiger partial charge in [-0.25, -0.2) is 0 Å². The number of non-ortho nitro benzene ring substituents is 1. The van der Waals surface area contributed by atoms with E-state index in [1.165, 1.54) is 45.8 Å². The second-order valence-electron chi connectivity index (χ2n) is 7.31. The Hall–Kier alpha value is -4.51. The SMILES string of the molecule is Nc1ccc2cc3ccccc3cc2c1.O=C(c1ccccc1)c1ccc([N+](=O)[O-])cc1. The number of carbonyl (C=O) groups is 1.